The lowest BCUT2D eigenvalue weighted by Crippen LogP contribution is -2.15. The van der Waals surface area contributed by atoms with Crippen molar-refractivity contribution in [3.63, 3.8) is 0 Å². The first kappa shape index (κ1) is 17.0. The fourth-order valence-corrected chi connectivity index (χ4v) is 2.49. The third-order valence-electron chi connectivity index (χ3n) is 3.12. The first-order valence-electron chi connectivity index (χ1n) is 6.84. The van der Waals surface area contributed by atoms with Gasteiger partial charge in [0.15, 0.2) is 0 Å². The monoisotopic (exact) mass is 339 g/mol. The summed E-state index contributed by atoms with van der Waals surface area (Å²) < 4.78 is 40.5. The molecule has 2 rings (SSSR count). The van der Waals surface area contributed by atoms with Crippen molar-refractivity contribution in [3.8, 4) is 5.75 Å². The number of anilines is 2. The van der Waals surface area contributed by atoms with Crippen molar-refractivity contribution in [2.45, 2.75) is 4.90 Å². The number of primary sulfonamides is 1. The van der Waals surface area contributed by atoms with Gasteiger partial charge in [0.2, 0.25) is 10.0 Å². The second-order valence-electron chi connectivity index (χ2n) is 4.77. The molecule has 0 unspecified atom stereocenters. The molecule has 0 atom stereocenters. The van der Waals surface area contributed by atoms with Gasteiger partial charge >= 0.3 is 0 Å². The predicted molar refractivity (Wildman–Crippen MR) is 87.7 cm³/mol. The van der Waals surface area contributed by atoms with E-state index in [1.165, 1.54) is 31.4 Å². The van der Waals surface area contributed by atoms with Crippen molar-refractivity contribution in [1.82, 2.24) is 0 Å². The molecule has 23 heavy (non-hydrogen) atoms. The third kappa shape index (κ3) is 4.83. The predicted octanol–water partition coefficient (Wildman–Crippen LogP) is 2.01. The lowest BCUT2D eigenvalue weighted by atomic mass is 10.3. The molecule has 0 amide bonds. The molecule has 0 aliphatic rings. The fourth-order valence-electron chi connectivity index (χ4n) is 1.98. The number of hydrogen-bond donors (Lipinski definition) is 3. The van der Waals surface area contributed by atoms with Gasteiger partial charge in [0.25, 0.3) is 0 Å². The number of rotatable bonds is 7. The Morgan fingerprint density at radius 3 is 2.35 bits per heavy atom. The quantitative estimate of drug-likeness (QED) is 0.671. The largest absolute Gasteiger partial charge is 0.494 e. The second-order valence-corrected chi connectivity index (χ2v) is 6.33. The Kier molecular flexibility index (Phi) is 5.41. The summed E-state index contributed by atoms with van der Waals surface area (Å²) in [5.41, 5.74) is 1.46. The fraction of sp³-hybridized carbons (Fsp3) is 0.200. The zero-order valence-electron chi connectivity index (χ0n) is 12.5. The minimum Gasteiger partial charge on any atom is -0.494 e. The van der Waals surface area contributed by atoms with Crippen LogP contribution in [0.15, 0.2) is 47.4 Å². The lowest BCUT2D eigenvalue weighted by molar-refractivity contribution is 0.413. The van der Waals surface area contributed by atoms with Crippen molar-refractivity contribution in [2.24, 2.45) is 5.14 Å². The van der Waals surface area contributed by atoms with Gasteiger partial charge in [-0.3, -0.25) is 0 Å². The molecule has 0 saturated carbocycles. The summed E-state index contributed by atoms with van der Waals surface area (Å²) in [6.45, 7) is 1.15. The minimum atomic E-state index is -3.68. The van der Waals surface area contributed by atoms with Gasteiger partial charge in [0.1, 0.15) is 11.6 Å². The summed E-state index contributed by atoms with van der Waals surface area (Å²) in [5, 5.41) is 11.3. The van der Waals surface area contributed by atoms with E-state index in [0.29, 0.717) is 24.5 Å². The van der Waals surface area contributed by atoms with Crippen LogP contribution in [-0.4, -0.2) is 28.6 Å². The number of benzene rings is 2. The summed E-state index contributed by atoms with van der Waals surface area (Å²) >= 11 is 0. The van der Waals surface area contributed by atoms with Gasteiger partial charge in [0, 0.05) is 24.8 Å². The van der Waals surface area contributed by atoms with E-state index in [0.717, 1.165) is 5.69 Å². The molecule has 0 spiro atoms. The van der Waals surface area contributed by atoms with Crippen molar-refractivity contribution < 1.29 is 17.5 Å². The molecule has 0 heterocycles. The highest BCUT2D eigenvalue weighted by Crippen LogP contribution is 2.24. The Balaban J connectivity index is 1.86. The average molecular weight is 339 g/mol. The maximum absolute atomic E-state index is 13.1. The number of halogens is 1. The molecule has 0 bridgehead atoms. The van der Waals surface area contributed by atoms with Crippen molar-refractivity contribution in [3.05, 3.63) is 48.3 Å². The van der Waals surface area contributed by atoms with Crippen LogP contribution in [0.2, 0.25) is 0 Å². The Bertz CT molecular complexity index is 764. The molecule has 4 N–H and O–H groups in total. The molecular weight excluding hydrogens is 321 g/mol. The van der Waals surface area contributed by atoms with E-state index < -0.39 is 10.0 Å². The molecule has 0 saturated heterocycles. The molecule has 2 aromatic carbocycles. The first-order chi connectivity index (χ1) is 10.9. The first-order valence-corrected chi connectivity index (χ1v) is 8.39. The smallest absolute Gasteiger partial charge is 0.238 e. The van der Waals surface area contributed by atoms with Gasteiger partial charge in [-0.2, -0.15) is 0 Å². The van der Waals surface area contributed by atoms with Gasteiger partial charge in [-0.05, 0) is 36.4 Å². The molecular formula is C15H18FN3O3S. The van der Waals surface area contributed by atoms with Crippen LogP contribution in [0.1, 0.15) is 0 Å². The van der Waals surface area contributed by atoms with Crippen LogP contribution in [0.25, 0.3) is 0 Å². The van der Waals surface area contributed by atoms with E-state index in [2.05, 4.69) is 10.6 Å². The van der Waals surface area contributed by atoms with Crippen molar-refractivity contribution in [1.29, 1.82) is 0 Å². The standard InChI is InChI=1S/C15H18FN3O3S/c1-22-15-10-11(16)2-7-14(15)19-9-8-18-12-3-5-13(6-4-12)23(17,20)21/h2-7,10,18-19H,8-9H2,1H3,(H2,17,20,21). The van der Waals surface area contributed by atoms with Crippen molar-refractivity contribution in [2.75, 3.05) is 30.8 Å². The molecule has 6 nitrogen and oxygen atoms in total. The lowest BCUT2D eigenvalue weighted by Gasteiger charge is -2.12. The average Bonchev–Trinajstić information content (AvgIpc) is 2.52. The third-order valence-corrected chi connectivity index (χ3v) is 4.05. The van der Waals surface area contributed by atoms with Gasteiger partial charge in [-0.1, -0.05) is 0 Å². The van der Waals surface area contributed by atoms with Crippen LogP contribution in [-0.2, 0) is 10.0 Å². The molecule has 2 aromatic rings. The summed E-state index contributed by atoms with van der Waals surface area (Å²) in [7, 11) is -2.20. The minimum absolute atomic E-state index is 0.0669. The van der Waals surface area contributed by atoms with Crippen LogP contribution in [0.3, 0.4) is 0 Å². The highest BCUT2D eigenvalue weighted by molar-refractivity contribution is 7.89. The summed E-state index contributed by atoms with van der Waals surface area (Å²) in [6, 6.07) is 10.4. The van der Waals surface area contributed by atoms with Gasteiger partial charge in [-0.25, -0.2) is 17.9 Å². The second kappa shape index (κ2) is 7.30. The molecule has 0 radical (unpaired) electrons. The molecule has 124 valence electrons. The molecule has 0 fully saturated rings. The van der Waals surface area contributed by atoms with Crippen LogP contribution in [0.4, 0.5) is 15.8 Å². The number of nitrogens with two attached hydrogens (primary N) is 1. The number of methoxy groups -OCH3 is 1. The van der Waals surface area contributed by atoms with E-state index in [4.69, 9.17) is 9.88 Å². The number of ether oxygens (including phenoxy) is 1. The van der Waals surface area contributed by atoms with E-state index in [1.807, 2.05) is 0 Å². The Labute approximate surface area is 134 Å². The zero-order chi connectivity index (χ0) is 16.9. The molecule has 8 heteroatoms. The summed E-state index contributed by atoms with van der Waals surface area (Å²) in [6.07, 6.45) is 0. The molecule has 0 aromatic heterocycles. The summed E-state index contributed by atoms with van der Waals surface area (Å²) in [4.78, 5) is 0.0669. The summed E-state index contributed by atoms with van der Waals surface area (Å²) in [5.74, 6) is 0.0722. The number of sulfonamides is 1. The van der Waals surface area contributed by atoms with E-state index in [1.54, 1.807) is 18.2 Å². The molecule has 0 aliphatic heterocycles. The Morgan fingerprint density at radius 2 is 1.74 bits per heavy atom. The van der Waals surface area contributed by atoms with Crippen LogP contribution in [0, 0.1) is 5.82 Å². The number of hydrogen-bond acceptors (Lipinski definition) is 5. The Hall–Kier alpha value is -2.32. The Morgan fingerprint density at radius 1 is 1.09 bits per heavy atom. The maximum atomic E-state index is 13.1. The highest BCUT2D eigenvalue weighted by Gasteiger charge is 2.06. The number of nitrogens with one attached hydrogen (secondary N) is 2. The van der Waals surface area contributed by atoms with Crippen LogP contribution >= 0.6 is 0 Å². The maximum Gasteiger partial charge on any atom is 0.238 e. The van der Waals surface area contributed by atoms with E-state index >= 15 is 0 Å². The van der Waals surface area contributed by atoms with Gasteiger partial charge in [-0.15, -0.1) is 0 Å². The van der Waals surface area contributed by atoms with E-state index in [-0.39, 0.29) is 10.7 Å². The SMILES string of the molecule is COc1cc(F)ccc1NCCNc1ccc(S(N)(=O)=O)cc1. The molecule has 0 aliphatic carbocycles. The van der Waals surface area contributed by atoms with Gasteiger partial charge in [0.05, 0.1) is 17.7 Å². The van der Waals surface area contributed by atoms with Crippen LogP contribution in [0.5, 0.6) is 5.75 Å². The van der Waals surface area contributed by atoms with E-state index in [9.17, 15) is 12.8 Å². The van der Waals surface area contributed by atoms with Gasteiger partial charge < -0.3 is 15.4 Å². The normalized spacial score (nSPS) is 11.1. The van der Waals surface area contributed by atoms with Crippen molar-refractivity contribution >= 4 is 21.4 Å². The topological polar surface area (TPSA) is 93.4 Å². The highest BCUT2D eigenvalue weighted by atomic mass is 32.2. The zero-order valence-corrected chi connectivity index (χ0v) is 13.4. The van der Waals surface area contributed by atoms with Crippen LogP contribution < -0.4 is 20.5 Å².